The number of carbonyl (C=O) groups is 1. The molecule has 0 aliphatic carbocycles. The average Bonchev–Trinajstić information content (AvgIpc) is 2.49. The van der Waals surface area contributed by atoms with Gasteiger partial charge in [-0.25, -0.2) is 0 Å². The normalized spacial score (nSPS) is 16.2. The van der Waals surface area contributed by atoms with Crippen molar-refractivity contribution in [3.63, 3.8) is 0 Å². The molecule has 0 saturated carbocycles. The van der Waals surface area contributed by atoms with Gasteiger partial charge in [0.25, 0.3) is 5.91 Å². The smallest absolute Gasteiger partial charge is 0.252 e. The molecule has 1 aliphatic rings. The fourth-order valence-corrected chi connectivity index (χ4v) is 2.09. The van der Waals surface area contributed by atoms with Crippen LogP contribution in [0.25, 0.3) is 0 Å². The third-order valence-electron chi connectivity index (χ3n) is 3.17. The molecule has 0 radical (unpaired) electrons. The molecule has 0 aromatic carbocycles. The Bertz CT molecular complexity index is 378. The highest BCUT2D eigenvalue weighted by atomic mass is 16.5. The molecule has 1 aromatic heterocycles. The van der Waals surface area contributed by atoms with Gasteiger partial charge < -0.3 is 15.4 Å². The van der Waals surface area contributed by atoms with E-state index in [1.165, 1.54) is 0 Å². The Labute approximate surface area is 113 Å². The molecule has 0 bridgehead atoms. The first-order chi connectivity index (χ1) is 9.36. The van der Waals surface area contributed by atoms with Crippen molar-refractivity contribution in [2.45, 2.75) is 25.4 Å². The lowest BCUT2D eigenvalue weighted by atomic mass is 10.1. The minimum absolute atomic E-state index is 0.0741. The van der Waals surface area contributed by atoms with E-state index < -0.39 is 0 Å². The molecule has 5 nitrogen and oxygen atoms in total. The van der Waals surface area contributed by atoms with E-state index in [1.807, 2.05) is 0 Å². The number of hydrogen-bond acceptors (Lipinski definition) is 4. The predicted octanol–water partition coefficient (Wildman–Crippen LogP) is 0.970. The van der Waals surface area contributed by atoms with Gasteiger partial charge in [0, 0.05) is 25.5 Å². The Kier molecular flexibility index (Phi) is 5.78. The molecule has 1 amide bonds. The number of amides is 1. The van der Waals surface area contributed by atoms with Crippen molar-refractivity contribution in [2.24, 2.45) is 0 Å². The van der Waals surface area contributed by atoms with Gasteiger partial charge in [0.05, 0.1) is 11.7 Å². The van der Waals surface area contributed by atoms with Crippen molar-refractivity contribution in [3.05, 3.63) is 30.1 Å². The van der Waals surface area contributed by atoms with E-state index in [0.29, 0.717) is 24.8 Å². The topological polar surface area (TPSA) is 63.2 Å². The van der Waals surface area contributed by atoms with Crippen LogP contribution >= 0.6 is 0 Å². The number of nitrogens with zero attached hydrogens (tertiary/aromatic N) is 1. The molecule has 1 fully saturated rings. The highest BCUT2D eigenvalue weighted by molar-refractivity contribution is 5.93. The standard InChI is InChI=1S/C14H21N3O2/c18-14(12-3-1-6-16-11-12)17-7-2-10-19-13-4-8-15-9-5-13/h1,3,6,11,13,15H,2,4-5,7-10H2,(H,17,18). The van der Waals surface area contributed by atoms with Crippen LogP contribution in [0.5, 0.6) is 0 Å². The van der Waals surface area contributed by atoms with Crippen molar-refractivity contribution in [1.82, 2.24) is 15.6 Å². The quantitative estimate of drug-likeness (QED) is 0.751. The number of nitrogens with one attached hydrogen (secondary N) is 2. The van der Waals surface area contributed by atoms with Crippen molar-refractivity contribution in [3.8, 4) is 0 Å². The molecule has 19 heavy (non-hydrogen) atoms. The second-order valence-electron chi connectivity index (χ2n) is 4.67. The number of hydrogen-bond donors (Lipinski definition) is 2. The van der Waals surface area contributed by atoms with Gasteiger partial charge in [-0.15, -0.1) is 0 Å². The number of piperidine rings is 1. The lowest BCUT2D eigenvalue weighted by Gasteiger charge is -2.22. The maximum absolute atomic E-state index is 11.7. The highest BCUT2D eigenvalue weighted by Crippen LogP contribution is 2.07. The van der Waals surface area contributed by atoms with Crippen LogP contribution in [-0.2, 0) is 4.74 Å². The summed E-state index contributed by atoms with van der Waals surface area (Å²) in [5, 5.41) is 6.17. The summed E-state index contributed by atoms with van der Waals surface area (Å²) in [6, 6.07) is 3.52. The van der Waals surface area contributed by atoms with Gasteiger partial charge in [-0.05, 0) is 44.5 Å². The summed E-state index contributed by atoms with van der Waals surface area (Å²) in [5.74, 6) is -0.0741. The van der Waals surface area contributed by atoms with E-state index in [1.54, 1.807) is 24.5 Å². The lowest BCUT2D eigenvalue weighted by molar-refractivity contribution is 0.0318. The summed E-state index contributed by atoms with van der Waals surface area (Å²) < 4.78 is 5.77. The van der Waals surface area contributed by atoms with Crippen molar-refractivity contribution in [1.29, 1.82) is 0 Å². The Balaban J connectivity index is 1.55. The Morgan fingerprint density at radius 3 is 3.05 bits per heavy atom. The molecule has 2 heterocycles. The van der Waals surface area contributed by atoms with Crippen LogP contribution in [-0.4, -0.2) is 43.2 Å². The van der Waals surface area contributed by atoms with Crippen molar-refractivity contribution in [2.75, 3.05) is 26.2 Å². The second-order valence-corrected chi connectivity index (χ2v) is 4.67. The van der Waals surface area contributed by atoms with E-state index in [2.05, 4.69) is 15.6 Å². The first kappa shape index (κ1) is 14.0. The number of pyridine rings is 1. The third kappa shape index (κ3) is 4.96. The Morgan fingerprint density at radius 2 is 2.32 bits per heavy atom. The summed E-state index contributed by atoms with van der Waals surface area (Å²) in [6.45, 7) is 3.43. The zero-order chi connectivity index (χ0) is 13.3. The van der Waals surface area contributed by atoms with Gasteiger partial charge in [0.2, 0.25) is 0 Å². The highest BCUT2D eigenvalue weighted by Gasteiger charge is 2.12. The molecule has 5 heteroatoms. The minimum atomic E-state index is -0.0741. The molecule has 1 aliphatic heterocycles. The molecule has 1 aromatic rings. The van der Waals surface area contributed by atoms with Gasteiger partial charge in [-0.3, -0.25) is 9.78 Å². The van der Waals surface area contributed by atoms with Crippen molar-refractivity contribution < 1.29 is 9.53 Å². The molecular formula is C14H21N3O2. The summed E-state index contributed by atoms with van der Waals surface area (Å²) in [7, 11) is 0. The second kappa shape index (κ2) is 7.86. The molecule has 0 atom stereocenters. The van der Waals surface area contributed by atoms with E-state index >= 15 is 0 Å². The molecule has 0 unspecified atom stereocenters. The first-order valence-corrected chi connectivity index (χ1v) is 6.87. The zero-order valence-electron chi connectivity index (χ0n) is 11.1. The van der Waals surface area contributed by atoms with Crippen LogP contribution in [0.4, 0.5) is 0 Å². The summed E-state index contributed by atoms with van der Waals surface area (Å²) in [5.41, 5.74) is 0.599. The predicted molar refractivity (Wildman–Crippen MR) is 73.0 cm³/mol. The van der Waals surface area contributed by atoms with Crippen LogP contribution in [0.2, 0.25) is 0 Å². The fraction of sp³-hybridized carbons (Fsp3) is 0.571. The van der Waals surface area contributed by atoms with Crippen LogP contribution in [0, 0.1) is 0 Å². The van der Waals surface area contributed by atoms with Gasteiger partial charge in [0.15, 0.2) is 0 Å². The Morgan fingerprint density at radius 1 is 1.47 bits per heavy atom. The van der Waals surface area contributed by atoms with Crippen LogP contribution in [0.3, 0.4) is 0 Å². The summed E-state index contributed by atoms with van der Waals surface area (Å²) in [4.78, 5) is 15.6. The number of rotatable bonds is 6. The fourth-order valence-electron chi connectivity index (χ4n) is 2.09. The van der Waals surface area contributed by atoms with Gasteiger partial charge in [-0.2, -0.15) is 0 Å². The minimum Gasteiger partial charge on any atom is -0.378 e. The first-order valence-electron chi connectivity index (χ1n) is 6.87. The largest absolute Gasteiger partial charge is 0.378 e. The van der Waals surface area contributed by atoms with E-state index in [-0.39, 0.29) is 5.91 Å². The average molecular weight is 263 g/mol. The molecule has 2 N–H and O–H groups in total. The van der Waals surface area contributed by atoms with E-state index in [0.717, 1.165) is 32.4 Å². The zero-order valence-corrected chi connectivity index (χ0v) is 11.1. The summed E-state index contributed by atoms with van der Waals surface area (Å²) in [6.07, 6.45) is 6.63. The van der Waals surface area contributed by atoms with E-state index in [9.17, 15) is 4.79 Å². The molecule has 2 rings (SSSR count). The van der Waals surface area contributed by atoms with Crippen molar-refractivity contribution >= 4 is 5.91 Å². The molecule has 1 saturated heterocycles. The number of aromatic nitrogens is 1. The SMILES string of the molecule is O=C(NCCCOC1CCNCC1)c1cccnc1. The maximum atomic E-state index is 11.7. The van der Waals surface area contributed by atoms with Crippen LogP contribution < -0.4 is 10.6 Å². The number of carbonyl (C=O) groups excluding carboxylic acids is 1. The summed E-state index contributed by atoms with van der Waals surface area (Å²) >= 11 is 0. The maximum Gasteiger partial charge on any atom is 0.252 e. The van der Waals surface area contributed by atoms with Gasteiger partial charge in [-0.1, -0.05) is 0 Å². The molecular weight excluding hydrogens is 242 g/mol. The van der Waals surface area contributed by atoms with Crippen LogP contribution in [0.15, 0.2) is 24.5 Å². The van der Waals surface area contributed by atoms with Gasteiger partial charge in [0.1, 0.15) is 0 Å². The Hall–Kier alpha value is -1.46. The molecule has 104 valence electrons. The monoisotopic (exact) mass is 263 g/mol. The third-order valence-corrected chi connectivity index (χ3v) is 3.17. The van der Waals surface area contributed by atoms with Gasteiger partial charge >= 0.3 is 0 Å². The lowest BCUT2D eigenvalue weighted by Crippen LogP contribution is -2.33. The van der Waals surface area contributed by atoms with E-state index in [4.69, 9.17) is 4.74 Å². The number of ether oxygens (including phenoxy) is 1. The van der Waals surface area contributed by atoms with Crippen LogP contribution in [0.1, 0.15) is 29.6 Å². The molecule has 0 spiro atoms.